The van der Waals surface area contributed by atoms with Crippen molar-refractivity contribution in [1.82, 2.24) is 4.90 Å². The maximum absolute atomic E-state index is 12.1. The summed E-state index contributed by atoms with van der Waals surface area (Å²) >= 11 is 11.6. The van der Waals surface area contributed by atoms with E-state index < -0.39 is 0 Å². The second-order valence-corrected chi connectivity index (χ2v) is 6.61. The fourth-order valence-corrected chi connectivity index (χ4v) is 2.48. The molecule has 0 aliphatic rings. The monoisotopic (exact) mass is 392 g/mol. The van der Waals surface area contributed by atoms with Crippen LogP contribution in [-0.2, 0) is 9.59 Å². The largest absolute Gasteiger partial charge is 0.336 e. The fourth-order valence-electron chi connectivity index (χ4n) is 2.23. The maximum Gasteiger partial charge on any atom is 0.243 e. The molecule has 0 aliphatic heterocycles. The summed E-state index contributed by atoms with van der Waals surface area (Å²) in [6.45, 7) is -0.101. The Kier molecular flexibility index (Phi) is 7.18. The van der Waals surface area contributed by atoms with E-state index in [9.17, 15) is 14.4 Å². The molecule has 0 fully saturated rings. The zero-order chi connectivity index (χ0) is 19.1. The summed E-state index contributed by atoms with van der Waals surface area (Å²) in [5.74, 6) is -0.750. The van der Waals surface area contributed by atoms with Crippen molar-refractivity contribution >= 4 is 46.5 Å². The van der Waals surface area contributed by atoms with Gasteiger partial charge in [-0.15, -0.1) is 0 Å². The topological polar surface area (TPSA) is 66.5 Å². The summed E-state index contributed by atoms with van der Waals surface area (Å²) < 4.78 is 0. The Morgan fingerprint density at radius 1 is 0.885 bits per heavy atom. The van der Waals surface area contributed by atoms with E-state index >= 15 is 0 Å². The van der Waals surface area contributed by atoms with Crippen molar-refractivity contribution in [2.24, 2.45) is 0 Å². The van der Waals surface area contributed by atoms with Crippen molar-refractivity contribution in [2.75, 3.05) is 18.9 Å². The third-order valence-electron chi connectivity index (χ3n) is 3.67. The molecule has 0 bridgehead atoms. The number of nitrogens with zero attached hydrogens (tertiary/aromatic N) is 1. The Balaban J connectivity index is 1.79. The molecule has 0 aromatic heterocycles. The molecule has 0 heterocycles. The molecule has 7 heteroatoms. The van der Waals surface area contributed by atoms with Gasteiger partial charge in [-0.1, -0.05) is 23.2 Å². The highest BCUT2D eigenvalue weighted by Crippen LogP contribution is 2.14. The molecule has 0 radical (unpaired) electrons. The number of rotatable bonds is 7. The van der Waals surface area contributed by atoms with Crippen molar-refractivity contribution in [3.8, 4) is 0 Å². The van der Waals surface area contributed by atoms with Gasteiger partial charge >= 0.3 is 0 Å². The molecule has 0 unspecified atom stereocenters. The molecule has 0 spiro atoms. The molecule has 2 rings (SSSR count). The van der Waals surface area contributed by atoms with E-state index in [4.69, 9.17) is 23.2 Å². The molecule has 5 nitrogen and oxygen atoms in total. The number of hydrogen-bond donors (Lipinski definition) is 1. The minimum atomic E-state index is -0.327. The number of hydrogen-bond acceptors (Lipinski definition) is 3. The highest BCUT2D eigenvalue weighted by molar-refractivity contribution is 6.31. The van der Waals surface area contributed by atoms with E-state index in [1.165, 1.54) is 11.9 Å². The van der Waals surface area contributed by atoms with E-state index in [1.54, 1.807) is 48.5 Å². The number of benzene rings is 2. The van der Waals surface area contributed by atoms with Crippen molar-refractivity contribution in [2.45, 2.75) is 12.8 Å². The zero-order valence-corrected chi connectivity index (χ0v) is 15.7. The Hall–Kier alpha value is -2.37. The number of carbonyl (C=O) groups is 3. The van der Waals surface area contributed by atoms with Crippen LogP contribution in [0.2, 0.25) is 10.0 Å². The molecular formula is C19H18Cl2N2O3. The summed E-state index contributed by atoms with van der Waals surface area (Å²) in [4.78, 5) is 37.5. The highest BCUT2D eigenvalue weighted by Gasteiger charge is 2.15. The highest BCUT2D eigenvalue weighted by atomic mass is 35.5. The standard InChI is InChI=1S/C19H18Cl2N2O3/c1-23(12-18(25)22-16-8-6-15(21)7-9-16)19(26)11-10-17(24)13-2-4-14(20)5-3-13/h2-9H,10-12H2,1H3,(H,22,25). The van der Waals surface area contributed by atoms with E-state index in [0.29, 0.717) is 21.3 Å². The molecule has 0 saturated carbocycles. The van der Waals surface area contributed by atoms with Crippen LogP contribution in [0, 0.1) is 0 Å². The lowest BCUT2D eigenvalue weighted by atomic mass is 10.1. The lowest BCUT2D eigenvalue weighted by Crippen LogP contribution is -2.35. The van der Waals surface area contributed by atoms with Gasteiger partial charge in [0, 0.05) is 41.2 Å². The quantitative estimate of drug-likeness (QED) is 0.722. The normalized spacial score (nSPS) is 10.3. The molecule has 0 atom stereocenters. The van der Waals surface area contributed by atoms with Crippen LogP contribution >= 0.6 is 23.2 Å². The number of likely N-dealkylation sites (N-methyl/N-ethyl adjacent to an activating group) is 1. The van der Waals surface area contributed by atoms with Crippen LogP contribution in [0.3, 0.4) is 0 Å². The molecule has 26 heavy (non-hydrogen) atoms. The smallest absolute Gasteiger partial charge is 0.243 e. The SMILES string of the molecule is CN(CC(=O)Nc1ccc(Cl)cc1)C(=O)CCC(=O)c1ccc(Cl)cc1. The fraction of sp³-hybridized carbons (Fsp3) is 0.211. The lowest BCUT2D eigenvalue weighted by molar-refractivity contribution is -0.133. The van der Waals surface area contributed by atoms with Gasteiger partial charge in [0.2, 0.25) is 11.8 Å². The number of Topliss-reactive ketones (excluding diaryl/α,β-unsaturated/α-hetero) is 1. The second kappa shape index (κ2) is 9.36. The average Bonchev–Trinajstić information content (AvgIpc) is 2.61. The molecule has 0 aliphatic carbocycles. The average molecular weight is 393 g/mol. The number of amides is 2. The van der Waals surface area contributed by atoms with Gasteiger partial charge in [-0.05, 0) is 48.5 Å². The Labute approximate surface area is 161 Å². The number of nitrogens with one attached hydrogen (secondary N) is 1. The first kappa shape index (κ1) is 19.9. The molecule has 0 saturated heterocycles. The first-order valence-electron chi connectivity index (χ1n) is 7.93. The lowest BCUT2D eigenvalue weighted by Gasteiger charge is -2.16. The molecule has 136 valence electrons. The minimum Gasteiger partial charge on any atom is -0.336 e. The van der Waals surface area contributed by atoms with Crippen LogP contribution in [-0.4, -0.2) is 36.1 Å². The first-order chi connectivity index (χ1) is 12.3. The van der Waals surface area contributed by atoms with E-state index in [-0.39, 0.29) is 37.0 Å². The van der Waals surface area contributed by atoms with Crippen LogP contribution in [0.25, 0.3) is 0 Å². The first-order valence-corrected chi connectivity index (χ1v) is 8.69. The molecule has 2 aromatic carbocycles. The Morgan fingerprint density at radius 2 is 1.42 bits per heavy atom. The number of anilines is 1. The zero-order valence-electron chi connectivity index (χ0n) is 14.2. The van der Waals surface area contributed by atoms with Crippen molar-refractivity contribution in [3.05, 3.63) is 64.1 Å². The van der Waals surface area contributed by atoms with E-state index in [0.717, 1.165) is 0 Å². The number of carbonyl (C=O) groups excluding carboxylic acids is 3. The van der Waals surface area contributed by atoms with Gasteiger partial charge in [-0.25, -0.2) is 0 Å². The van der Waals surface area contributed by atoms with Crippen LogP contribution in [0.15, 0.2) is 48.5 Å². The third-order valence-corrected chi connectivity index (χ3v) is 4.17. The van der Waals surface area contributed by atoms with Crippen LogP contribution in [0.1, 0.15) is 23.2 Å². The molecule has 1 N–H and O–H groups in total. The molecule has 2 amide bonds. The minimum absolute atomic E-state index is 0.0339. The summed E-state index contributed by atoms with van der Waals surface area (Å²) in [5, 5.41) is 3.80. The van der Waals surface area contributed by atoms with Gasteiger partial charge in [0.1, 0.15) is 0 Å². The van der Waals surface area contributed by atoms with Gasteiger partial charge < -0.3 is 10.2 Å². The summed E-state index contributed by atoms with van der Waals surface area (Å²) in [7, 11) is 1.52. The Bertz CT molecular complexity index is 789. The van der Waals surface area contributed by atoms with Crippen molar-refractivity contribution in [1.29, 1.82) is 0 Å². The molecular weight excluding hydrogens is 375 g/mol. The predicted molar refractivity (Wildman–Crippen MR) is 103 cm³/mol. The van der Waals surface area contributed by atoms with Crippen LogP contribution < -0.4 is 5.32 Å². The van der Waals surface area contributed by atoms with Gasteiger partial charge in [0.05, 0.1) is 6.54 Å². The predicted octanol–water partition coefficient (Wildman–Crippen LogP) is 4.05. The summed E-state index contributed by atoms with van der Waals surface area (Å²) in [5.41, 5.74) is 1.10. The number of halogens is 2. The van der Waals surface area contributed by atoms with E-state index in [2.05, 4.69) is 5.32 Å². The maximum atomic E-state index is 12.1. The summed E-state index contributed by atoms with van der Waals surface area (Å²) in [6.07, 6.45) is 0.107. The van der Waals surface area contributed by atoms with Crippen LogP contribution in [0.4, 0.5) is 5.69 Å². The summed E-state index contributed by atoms with van der Waals surface area (Å²) in [6, 6.07) is 13.2. The van der Waals surface area contributed by atoms with Crippen molar-refractivity contribution in [3.63, 3.8) is 0 Å². The van der Waals surface area contributed by atoms with Gasteiger partial charge in [-0.2, -0.15) is 0 Å². The van der Waals surface area contributed by atoms with Gasteiger partial charge in [0.15, 0.2) is 5.78 Å². The third kappa shape index (κ3) is 6.17. The van der Waals surface area contributed by atoms with Crippen LogP contribution in [0.5, 0.6) is 0 Å². The Morgan fingerprint density at radius 3 is 2.00 bits per heavy atom. The number of ketones is 1. The van der Waals surface area contributed by atoms with E-state index in [1.807, 2.05) is 0 Å². The molecule has 2 aromatic rings. The second-order valence-electron chi connectivity index (χ2n) is 5.73. The van der Waals surface area contributed by atoms with Gasteiger partial charge in [-0.3, -0.25) is 14.4 Å². The van der Waals surface area contributed by atoms with Crippen molar-refractivity contribution < 1.29 is 14.4 Å². The van der Waals surface area contributed by atoms with Gasteiger partial charge in [0.25, 0.3) is 0 Å².